The summed E-state index contributed by atoms with van der Waals surface area (Å²) in [6, 6.07) is 8.80. The van der Waals surface area contributed by atoms with E-state index in [-0.39, 0.29) is 5.91 Å². The number of rotatable bonds is 3. The van der Waals surface area contributed by atoms with Gasteiger partial charge in [0.25, 0.3) is 0 Å². The van der Waals surface area contributed by atoms with E-state index in [1.165, 1.54) is 0 Å². The molecule has 0 aromatic heterocycles. The molecule has 0 saturated carbocycles. The SMILES string of the molecule is N#Cc1ccc(NC(=O)C=C[SH]2C=CC=C2)cc1. The largest absolute Gasteiger partial charge is 0.322 e. The average molecular weight is 256 g/mol. The van der Waals surface area contributed by atoms with Crippen molar-refractivity contribution in [2.45, 2.75) is 0 Å². The summed E-state index contributed by atoms with van der Waals surface area (Å²) in [6.45, 7) is 0. The van der Waals surface area contributed by atoms with Crippen molar-refractivity contribution in [3.05, 3.63) is 64.3 Å². The van der Waals surface area contributed by atoms with Gasteiger partial charge in [0, 0.05) is 11.8 Å². The van der Waals surface area contributed by atoms with Crippen LogP contribution < -0.4 is 5.32 Å². The number of nitrogens with one attached hydrogen (secondary N) is 1. The standard InChI is InChI=1S/C14H12N2OS/c15-11-12-3-5-13(6-4-12)16-14(17)7-10-18-8-1-2-9-18/h1-10,18H,(H,16,17). The van der Waals surface area contributed by atoms with Gasteiger partial charge < -0.3 is 5.32 Å². The molecule has 0 radical (unpaired) electrons. The number of hydrogen-bond donors (Lipinski definition) is 2. The van der Waals surface area contributed by atoms with Gasteiger partial charge in [-0.05, 0) is 40.5 Å². The zero-order valence-corrected chi connectivity index (χ0v) is 10.5. The molecule has 0 spiro atoms. The third-order valence-electron chi connectivity index (χ3n) is 2.31. The van der Waals surface area contributed by atoms with Crippen LogP contribution in [-0.4, -0.2) is 5.91 Å². The highest BCUT2D eigenvalue weighted by atomic mass is 32.2. The molecular weight excluding hydrogens is 244 g/mol. The molecule has 18 heavy (non-hydrogen) atoms. The van der Waals surface area contributed by atoms with Crippen LogP contribution in [0.15, 0.2) is 58.7 Å². The van der Waals surface area contributed by atoms with Crippen LogP contribution in [0.2, 0.25) is 0 Å². The fourth-order valence-electron chi connectivity index (χ4n) is 1.41. The van der Waals surface area contributed by atoms with Gasteiger partial charge in [0.05, 0.1) is 11.6 Å². The van der Waals surface area contributed by atoms with E-state index in [0.29, 0.717) is 11.3 Å². The van der Waals surface area contributed by atoms with E-state index in [1.807, 2.05) is 23.6 Å². The number of amides is 1. The maximum absolute atomic E-state index is 11.6. The number of hydrogen-bond acceptors (Lipinski definition) is 2. The third kappa shape index (κ3) is 3.37. The Labute approximate surface area is 108 Å². The van der Waals surface area contributed by atoms with E-state index in [0.717, 1.165) is 0 Å². The molecule has 90 valence electrons. The second kappa shape index (κ2) is 5.89. The first kappa shape index (κ1) is 12.2. The first-order valence-electron chi connectivity index (χ1n) is 5.40. The molecule has 2 rings (SSSR count). The zero-order chi connectivity index (χ0) is 12.8. The van der Waals surface area contributed by atoms with Gasteiger partial charge in [-0.1, -0.05) is 12.2 Å². The van der Waals surface area contributed by atoms with Crippen LogP contribution in [0.4, 0.5) is 5.69 Å². The van der Waals surface area contributed by atoms with Crippen molar-refractivity contribution in [2.24, 2.45) is 0 Å². The normalized spacial score (nSPS) is 14.9. The Balaban J connectivity index is 1.92. The summed E-state index contributed by atoms with van der Waals surface area (Å²) in [7, 11) is -0.406. The second-order valence-electron chi connectivity index (χ2n) is 3.62. The molecule has 1 amide bonds. The Morgan fingerprint density at radius 1 is 1.22 bits per heavy atom. The number of anilines is 1. The zero-order valence-electron chi connectivity index (χ0n) is 9.58. The number of allylic oxidation sites excluding steroid dienone is 2. The molecule has 3 nitrogen and oxygen atoms in total. The van der Waals surface area contributed by atoms with Gasteiger partial charge >= 0.3 is 0 Å². The van der Waals surface area contributed by atoms with Gasteiger partial charge in [-0.2, -0.15) is 16.2 Å². The molecule has 1 heterocycles. The summed E-state index contributed by atoms with van der Waals surface area (Å²) in [5.41, 5.74) is 1.27. The minimum Gasteiger partial charge on any atom is -0.322 e. The van der Waals surface area contributed by atoms with Gasteiger partial charge in [0.2, 0.25) is 5.91 Å². The molecule has 0 aliphatic carbocycles. The van der Waals surface area contributed by atoms with E-state index < -0.39 is 10.9 Å². The number of nitriles is 1. The lowest BCUT2D eigenvalue weighted by molar-refractivity contribution is -0.111. The van der Waals surface area contributed by atoms with Crippen LogP contribution >= 0.6 is 10.9 Å². The van der Waals surface area contributed by atoms with Crippen LogP contribution in [0.3, 0.4) is 0 Å². The highest BCUT2D eigenvalue weighted by Gasteiger charge is 1.99. The Morgan fingerprint density at radius 3 is 2.50 bits per heavy atom. The minimum absolute atomic E-state index is 0.157. The quantitative estimate of drug-likeness (QED) is 0.645. The molecule has 1 N–H and O–H groups in total. The molecule has 4 heteroatoms. The highest BCUT2D eigenvalue weighted by Crippen LogP contribution is 2.33. The maximum Gasteiger partial charge on any atom is 0.248 e. The fraction of sp³-hybridized carbons (Fsp3) is 0. The lowest BCUT2D eigenvalue weighted by atomic mass is 10.2. The highest BCUT2D eigenvalue weighted by molar-refractivity contribution is 8.24. The van der Waals surface area contributed by atoms with Gasteiger partial charge in [-0.15, -0.1) is 0 Å². The van der Waals surface area contributed by atoms with Crippen molar-refractivity contribution in [2.75, 3.05) is 5.32 Å². The first-order chi connectivity index (χ1) is 8.78. The van der Waals surface area contributed by atoms with E-state index in [4.69, 9.17) is 5.26 Å². The Bertz CT molecular complexity index is 552. The third-order valence-corrected chi connectivity index (χ3v) is 3.83. The molecule has 0 bridgehead atoms. The van der Waals surface area contributed by atoms with Crippen LogP contribution in [0.1, 0.15) is 5.56 Å². The summed E-state index contributed by atoms with van der Waals surface area (Å²) in [6.07, 6.45) is 5.51. The van der Waals surface area contributed by atoms with E-state index >= 15 is 0 Å². The molecule has 1 aliphatic heterocycles. The fourth-order valence-corrected chi connectivity index (χ4v) is 2.61. The summed E-state index contributed by atoms with van der Waals surface area (Å²) in [5.74, 6) is -0.157. The Kier molecular flexibility index (Phi) is 4.00. The van der Waals surface area contributed by atoms with Crippen LogP contribution in [-0.2, 0) is 4.79 Å². The van der Waals surface area contributed by atoms with Crippen molar-refractivity contribution in [3.63, 3.8) is 0 Å². The second-order valence-corrected chi connectivity index (χ2v) is 5.41. The van der Waals surface area contributed by atoms with E-state index in [9.17, 15) is 4.79 Å². The molecule has 1 aromatic rings. The summed E-state index contributed by atoms with van der Waals surface area (Å²) >= 11 is 0. The van der Waals surface area contributed by atoms with Crippen molar-refractivity contribution in [3.8, 4) is 6.07 Å². The van der Waals surface area contributed by atoms with Crippen molar-refractivity contribution < 1.29 is 4.79 Å². The predicted molar refractivity (Wildman–Crippen MR) is 76.2 cm³/mol. The molecule has 0 saturated heterocycles. The van der Waals surface area contributed by atoms with Crippen molar-refractivity contribution in [1.82, 2.24) is 0 Å². The monoisotopic (exact) mass is 256 g/mol. The molecule has 1 aromatic carbocycles. The van der Waals surface area contributed by atoms with E-state index in [2.05, 4.69) is 16.1 Å². The number of thiol groups is 1. The minimum atomic E-state index is -0.406. The smallest absolute Gasteiger partial charge is 0.248 e. The summed E-state index contributed by atoms with van der Waals surface area (Å²) in [4.78, 5) is 11.6. The Hall–Kier alpha value is -2.25. The maximum atomic E-state index is 11.6. The first-order valence-corrected chi connectivity index (χ1v) is 6.94. The molecule has 0 fully saturated rings. The lowest BCUT2D eigenvalue weighted by Crippen LogP contribution is -2.07. The number of carbonyl (C=O) groups is 1. The summed E-state index contributed by atoms with van der Waals surface area (Å²) in [5, 5.41) is 17.4. The molecule has 1 aliphatic rings. The molecule has 0 unspecified atom stereocenters. The van der Waals surface area contributed by atoms with Crippen molar-refractivity contribution in [1.29, 1.82) is 5.26 Å². The summed E-state index contributed by atoms with van der Waals surface area (Å²) < 4.78 is 0. The van der Waals surface area contributed by atoms with Gasteiger partial charge in [0.1, 0.15) is 0 Å². The van der Waals surface area contributed by atoms with Crippen LogP contribution in [0.5, 0.6) is 0 Å². The molecule has 0 atom stereocenters. The van der Waals surface area contributed by atoms with Gasteiger partial charge in [-0.3, -0.25) is 4.79 Å². The van der Waals surface area contributed by atoms with Crippen LogP contribution in [0.25, 0.3) is 0 Å². The average Bonchev–Trinajstić information content (AvgIpc) is 2.90. The lowest BCUT2D eigenvalue weighted by Gasteiger charge is -2.03. The van der Waals surface area contributed by atoms with Gasteiger partial charge in [0.15, 0.2) is 0 Å². The number of benzene rings is 1. The Morgan fingerprint density at radius 2 is 1.89 bits per heavy atom. The van der Waals surface area contributed by atoms with Gasteiger partial charge in [-0.25, -0.2) is 0 Å². The molecular formula is C14H12N2OS. The van der Waals surface area contributed by atoms with Crippen LogP contribution in [0, 0.1) is 11.3 Å². The number of carbonyl (C=O) groups excluding carboxylic acids is 1. The predicted octanol–water partition coefficient (Wildman–Crippen LogP) is 3.05. The van der Waals surface area contributed by atoms with E-state index in [1.54, 1.807) is 30.3 Å². The van der Waals surface area contributed by atoms with Crippen molar-refractivity contribution >= 4 is 22.5 Å². The topological polar surface area (TPSA) is 52.9 Å². The number of nitrogens with zero attached hydrogens (tertiary/aromatic N) is 1.